The Hall–Kier alpha value is -1.95. The van der Waals surface area contributed by atoms with Gasteiger partial charge in [0.15, 0.2) is 0 Å². The predicted octanol–water partition coefficient (Wildman–Crippen LogP) is 0.514. The van der Waals surface area contributed by atoms with Gasteiger partial charge in [-0.3, -0.25) is 4.79 Å². The third-order valence-corrected chi connectivity index (χ3v) is 2.46. The van der Waals surface area contributed by atoms with Gasteiger partial charge in [0.25, 0.3) is 0 Å². The van der Waals surface area contributed by atoms with Gasteiger partial charge in [-0.1, -0.05) is 0 Å². The first-order valence-electron chi connectivity index (χ1n) is 5.70. The number of hydrogen-bond acceptors (Lipinski definition) is 3. The molecule has 0 radical (unpaired) electrons. The SMILES string of the molecule is O=C(Cc1cn2cc(F)ccc2n1)NCCCO. The molecule has 2 aromatic rings. The number of nitrogens with one attached hydrogen (secondary N) is 1. The van der Waals surface area contributed by atoms with Crippen molar-refractivity contribution in [1.82, 2.24) is 14.7 Å². The second-order valence-corrected chi connectivity index (χ2v) is 3.95. The maximum absolute atomic E-state index is 13.0. The number of aliphatic hydroxyl groups excluding tert-OH is 1. The van der Waals surface area contributed by atoms with E-state index in [1.54, 1.807) is 16.7 Å². The molecule has 0 spiro atoms. The van der Waals surface area contributed by atoms with Crippen molar-refractivity contribution >= 4 is 11.6 Å². The van der Waals surface area contributed by atoms with Crippen molar-refractivity contribution < 1.29 is 14.3 Å². The minimum atomic E-state index is -0.348. The van der Waals surface area contributed by atoms with E-state index < -0.39 is 0 Å². The van der Waals surface area contributed by atoms with Crippen molar-refractivity contribution in [2.75, 3.05) is 13.2 Å². The molecule has 2 rings (SSSR count). The van der Waals surface area contributed by atoms with Gasteiger partial charge in [0, 0.05) is 25.5 Å². The van der Waals surface area contributed by atoms with Crippen molar-refractivity contribution in [3.63, 3.8) is 0 Å². The maximum Gasteiger partial charge on any atom is 0.226 e. The van der Waals surface area contributed by atoms with Gasteiger partial charge in [-0.15, -0.1) is 0 Å². The first-order chi connectivity index (χ1) is 8.69. The lowest BCUT2D eigenvalue weighted by molar-refractivity contribution is -0.120. The first-order valence-corrected chi connectivity index (χ1v) is 5.70. The first kappa shape index (κ1) is 12.5. The standard InChI is InChI=1S/C12H14FN3O2/c13-9-2-3-11-15-10(8-16(11)7-9)6-12(18)14-4-1-5-17/h2-3,7-8,17H,1,4-6H2,(H,14,18). The molecule has 6 heteroatoms. The summed E-state index contributed by atoms with van der Waals surface area (Å²) in [5.74, 6) is -0.508. The smallest absolute Gasteiger partial charge is 0.226 e. The number of rotatable bonds is 5. The Morgan fingerprint density at radius 3 is 3.06 bits per heavy atom. The van der Waals surface area contributed by atoms with E-state index in [4.69, 9.17) is 5.11 Å². The van der Waals surface area contributed by atoms with Crippen LogP contribution in [-0.4, -0.2) is 33.6 Å². The molecular weight excluding hydrogens is 237 g/mol. The van der Waals surface area contributed by atoms with Crippen molar-refractivity contribution in [2.45, 2.75) is 12.8 Å². The third kappa shape index (κ3) is 3.04. The van der Waals surface area contributed by atoms with Gasteiger partial charge in [0.1, 0.15) is 11.5 Å². The van der Waals surface area contributed by atoms with E-state index in [2.05, 4.69) is 10.3 Å². The van der Waals surface area contributed by atoms with Crippen LogP contribution < -0.4 is 5.32 Å². The zero-order chi connectivity index (χ0) is 13.0. The molecule has 2 aromatic heterocycles. The number of aliphatic hydroxyl groups is 1. The second-order valence-electron chi connectivity index (χ2n) is 3.95. The fourth-order valence-electron chi connectivity index (χ4n) is 1.64. The normalized spacial score (nSPS) is 10.8. The highest BCUT2D eigenvalue weighted by Gasteiger charge is 2.07. The summed E-state index contributed by atoms with van der Waals surface area (Å²) in [5.41, 5.74) is 1.19. The Morgan fingerprint density at radius 1 is 1.44 bits per heavy atom. The van der Waals surface area contributed by atoms with E-state index >= 15 is 0 Å². The molecule has 5 nitrogen and oxygen atoms in total. The molecule has 0 aliphatic rings. The van der Waals surface area contributed by atoms with Gasteiger partial charge in [-0.25, -0.2) is 9.37 Å². The summed E-state index contributed by atoms with van der Waals surface area (Å²) in [6, 6.07) is 2.88. The fraction of sp³-hybridized carbons (Fsp3) is 0.333. The van der Waals surface area contributed by atoms with Gasteiger partial charge >= 0.3 is 0 Å². The van der Waals surface area contributed by atoms with Crippen LogP contribution in [0.4, 0.5) is 4.39 Å². The van der Waals surface area contributed by atoms with E-state index in [0.717, 1.165) is 0 Å². The average Bonchev–Trinajstić information content (AvgIpc) is 2.70. The van der Waals surface area contributed by atoms with Crippen LogP contribution in [0.15, 0.2) is 24.5 Å². The highest BCUT2D eigenvalue weighted by atomic mass is 19.1. The summed E-state index contributed by atoms with van der Waals surface area (Å²) in [4.78, 5) is 15.7. The molecule has 0 aliphatic heterocycles. The quantitative estimate of drug-likeness (QED) is 0.761. The number of fused-ring (bicyclic) bond motifs is 1. The number of aromatic nitrogens is 2. The fourth-order valence-corrected chi connectivity index (χ4v) is 1.64. The highest BCUT2D eigenvalue weighted by molar-refractivity contribution is 5.78. The summed E-state index contributed by atoms with van der Waals surface area (Å²) >= 11 is 0. The number of carbonyl (C=O) groups excluding carboxylic acids is 1. The number of halogens is 1. The zero-order valence-electron chi connectivity index (χ0n) is 9.77. The van der Waals surface area contributed by atoms with Crippen LogP contribution in [0.5, 0.6) is 0 Å². The minimum absolute atomic E-state index is 0.0495. The number of pyridine rings is 1. The molecule has 0 unspecified atom stereocenters. The van der Waals surface area contributed by atoms with Crippen LogP contribution in [-0.2, 0) is 11.2 Å². The Balaban J connectivity index is 2.01. The van der Waals surface area contributed by atoms with E-state index in [9.17, 15) is 9.18 Å². The van der Waals surface area contributed by atoms with Crippen LogP contribution in [0.3, 0.4) is 0 Å². The van der Waals surface area contributed by atoms with Crippen molar-refractivity contribution in [3.8, 4) is 0 Å². The van der Waals surface area contributed by atoms with Gasteiger partial charge in [-0.2, -0.15) is 0 Å². The van der Waals surface area contributed by atoms with Crippen molar-refractivity contribution in [1.29, 1.82) is 0 Å². The van der Waals surface area contributed by atoms with E-state index in [1.807, 2.05) is 0 Å². The Kier molecular flexibility index (Phi) is 3.88. The molecule has 18 heavy (non-hydrogen) atoms. The summed E-state index contributed by atoms with van der Waals surface area (Å²) < 4.78 is 14.5. The van der Waals surface area contributed by atoms with Crippen LogP contribution >= 0.6 is 0 Å². The van der Waals surface area contributed by atoms with E-state index in [-0.39, 0.29) is 24.8 Å². The topological polar surface area (TPSA) is 66.6 Å². The lowest BCUT2D eigenvalue weighted by atomic mass is 10.3. The molecule has 0 saturated heterocycles. The van der Waals surface area contributed by atoms with Crippen LogP contribution in [0, 0.1) is 5.82 Å². The molecule has 0 atom stereocenters. The number of carbonyl (C=O) groups is 1. The van der Waals surface area contributed by atoms with Gasteiger partial charge in [0.05, 0.1) is 12.1 Å². The van der Waals surface area contributed by atoms with Gasteiger partial charge < -0.3 is 14.8 Å². The van der Waals surface area contributed by atoms with E-state index in [1.165, 1.54) is 12.3 Å². The summed E-state index contributed by atoms with van der Waals surface area (Å²) in [7, 11) is 0. The Morgan fingerprint density at radius 2 is 2.28 bits per heavy atom. The van der Waals surface area contributed by atoms with Crippen LogP contribution in [0.25, 0.3) is 5.65 Å². The zero-order valence-corrected chi connectivity index (χ0v) is 9.77. The molecule has 96 valence electrons. The molecule has 0 fully saturated rings. The average molecular weight is 251 g/mol. The van der Waals surface area contributed by atoms with Crippen molar-refractivity contribution in [2.24, 2.45) is 0 Å². The van der Waals surface area contributed by atoms with E-state index in [0.29, 0.717) is 24.3 Å². The van der Waals surface area contributed by atoms with Gasteiger partial charge in [0.2, 0.25) is 5.91 Å². The molecule has 0 aliphatic carbocycles. The van der Waals surface area contributed by atoms with Crippen LogP contribution in [0.1, 0.15) is 12.1 Å². The summed E-state index contributed by atoms with van der Waals surface area (Å²) in [6.45, 7) is 0.491. The predicted molar refractivity (Wildman–Crippen MR) is 63.6 cm³/mol. The summed E-state index contributed by atoms with van der Waals surface area (Å²) in [5, 5.41) is 11.3. The van der Waals surface area contributed by atoms with Crippen molar-refractivity contribution in [3.05, 3.63) is 36.0 Å². The molecule has 2 heterocycles. The lowest BCUT2D eigenvalue weighted by Gasteiger charge is -2.01. The molecule has 0 bridgehead atoms. The minimum Gasteiger partial charge on any atom is -0.396 e. The maximum atomic E-state index is 13.0. The second kappa shape index (κ2) is 5.59. The molecular formula is C12H14FN3O2. The number of nitrogens with zero attached hydrogens (tertiary/aromatic N) is 2. The number of hydrogen-bond donors (Lipinski definition) is 2. The third-order valence-electron chi connectivity index (χ3n) is 2.46. The summed E-state index contributed by atoms with van der Waals surface area (Å²) in [6.07, 6.45) is 3.62. The van der Waals surface area contributed by atoms with Gasteiger partial charge in [-0.05, 0) is 18.6 Å². The number of amides is 1. The lowest BCUT2D eigenvalue weighted by Crippen LogP contribution is -2.26. The molecule has 0 aromatic carbocycles. The Labute approximate surface area is 103 Å². The number of imidazole rings is 1. The molecule has 1 amide bonds. The molecule has 0 saturated carbocycles. The largest absolute Gasteiger partial charge is 0.396 e. The highest BCUT2D eigenvalue weighted by Crippen LogP contribution is 2.07. The monoisotopic (exact) mass is 251 g/mol. The van der Waals surface area contributed by atoms with Crippen LogP contribution in [0.2, 0.25) is 0 Å². The molecule has 2 N–H and O–H groups in total. The Bertz CT molecular complexity index is 553.